The molecule has 1 aromatic heterocycles. The minimum absolute atomic E-state index is 0.282. The first-order valence-electron chi connectivity index (χ1n) is 9.87. The summed E-state index contributed by atoms with van der Waals surface area (Å²) in [4.78, 5) is 18.5. The second kappa shape index (κ2) is 8.78. The molecule has 0 aliphatic carbocycles. The van der Waals surface area contributed by atoms with Crippen LogP contribution in [-0.4, -0.2) is 34.9 Å². The van der Waals surface area contributed by atoms with Crippen molar-refractivity contribution in [1.82, 2.24) is 4.57 Å². The Hall–Kier alpha value is -3.34. The van der Waals surface area contributed by atoms with Gasteiger partial charge in [0.15, 0.2) is 0 Å². The molecule has 0 saturated carbocycles. The average Bonchev–Trinajstić information content (AvgIpc) is 3.01. The van der Waals surface area contributed by atoms with E-state index in [-0.39, 0.29) is 5.56 Å². The Balaban J connectivity index is 1.91. The van der Waals surface area contributed by atoms with Gasteiger partial charge < -0.3 is 14.6 Å². The van der Waals surface area contributed by atoms with Gasteiger partial charge in [-0.3, -0.25) is 4.99 Å². The zero-order valence-electron chi connectivity index (χ0n) is 17.4. The first-order chi connectivity index (χ1) is 14.0. The van der Waals surface area contributed by atoms with Crippen LogP contribution in [0.5, 0.6) is 0 Å². The maximum atomic E-state index is 11.6. The minimum atomic E-state index is -0.934. The molecule has 0 spiro atoms. The number of anilines is 1. The third-order valence-corrected chi connectivity index (χ3v) is 5.18. The smallest absolute Gasteiger partial charge is 0.337 e. The number of benzene rings is 2. The van der Waals surface area contributed by atoms with Gasteiger partial charge >= 0.3 is 5.97 Å². The summed E-state index contributed by atoms with van der Waals surface area (Å²) < 4.78 is 1.97. The maximum absolute atomic E-state index is 11.6. The second-order valence-electron chi connectivity index (χ2n) is 6.93. The number of aromatic carboxylic acids is 1. The summed E-state index contributed by atoms with van der Waals surface area (Å²) in [5.74, 6) is -0.934. The molecule has 3 aromatic rings. The Morgan fingerprint density at radius 3 is 2.34 bits per heavy atom. The summed E-state index contributed by atoms with van der Waals surface area (Å²) in [6, 6.07) is 17.3. The van der Waals surface area contributed by atoms with Crippen molar-refractivity contribution in [2.75, 3.05) is 18.0 Å². The molecule has 2 aromatic carbocycles. The lowest BCUT2D eigenvalue weighted by Gasteiger charge is -2.20. The molecule has 29 heavy (non-hydrogen) atoms. The van der Waals surface area contributed by atoms with Gasteiger partial charge in [-0.25, -0.2) is 4.79 Å². The first-order valence-corrected chi connectivity index (χ1v) is 9.87. The number of aliphatic imine (C=N–C) groups is 1. The molecule has 1 heterocycles. The molecule has 0 aliphatic heterocycles. The number of carbonyl (C=O) groups is 1. The Morgan fingerprint density at radius 2 is 1.72 bits per heavy atom. The number of nitrogens with zero attached hydrogens (tertiary/aromatic N) is 3. The molecule has 0 fully saturated rings. The molecule has 0 amide bonds. The summed E-state index contributed by atoms with van der Waals surface area (Å²) in [5.41, 5.74) is 5.92. The van der Waals surface area contributed by atoms with Crippen molar-refractivity contribution in [3.05, 3.63) is 77.1 Å². The normalized spacial score (nSPS) is 11.2. The van der Waals surface area contributed by atoms with E-state index in [1.165, 1.54) is 5.69 Å². The van der Waals surface area contributed by atoms with E-state index in [0.29, 0.717) is 5.69 Å². The van der Waals surface area contributed by atoms with Crippen LogP contribution in [0.3, 0.4) is 0 Å². The summed E-state index contributed by atoms with van der Waals surface area (Å²) in [6.07, 6.45) is 1.84. The topological polar surface area (TPSA) is 57.8 Å². The van der Waals surface area contributed by atoms with Gasteiger partial charge in [0.2, 0.25) is 0 Å². The number of hydrogen-bond acceptors (Lipinski definition) is 3. The lowest BCUT2D eigenvalue weighted by Crippen LogP contribution is -2.21. The highest BCUT2D eigenvalue weighted by molar-refractivity contribution is 5.92. The predicted octanol–water partition coefficient (Wildman–Crippen LogP) is 5.39. The molecular formula is C24H27N3O2. The minimum Gasteiger partial charge on any atom is -0.478 e. The van der Waals surface area contributed by atoms with Crippen molar-refractivity contribution < 1.29 is 9.90 Å². The summed E-state index contributed by atoms with van der Waals surface area (Å²) in [5, 5.41) is 9.52. The highest BCUT2D eigenvalue weighted by Crippen LogP contribution is 2.24. The molecular weight excluding hydrogens is 362 g/mol. The molecule has 0 unspecified atom stereocenters. The van der Waals surface area contributed by atoms with Crippen LogP contribution in [-0.2, 0) is 0 Å². The van der Waals surface area contributed by atoms with Crippen LogP contribution in [0.2, 0.25) is 0 Å². The van der Waals surface area contributed by atoms with E-state index in [9.17, 15) is 9.90 Å². The third kappa shape index (κ3) is 4.24. The standard InChI is InChI=1S/C24H27N3O2/c1-5-26(6-2)21-13-11-20(12-14-21)25-16-19-15-17(3)27(18(19)4)23-10-8-7-9-22(23)24(28)29/h7-16H,5-6H2,1-4H3,(H,28,29). The molecule has 0 radical (unpaired) electrons. The highest BCUT2D eigenvalue weighted by atomic mass is 16.4. The fraction of sp³-hybridized carbons (Fsp3) is 0.250. The van der Waals surface area contributed by atoms with Crippen LogP contribution in [0.1, 0.15) is 41.2 Å². The Labute approximate surface area is 171 Å². The van der Waals surface area contributed by atoms with Crippen LogP contribution >= 0.6 is 0 Å². The second-order valence-corrected chi connectivity index (χ2v) is 6.93. The van der Waals surface area contributed by atoms with Gasteiger partial charge in [-0.1, -0.05) is 12.1 Å². The third-order valence-electron chi connectivity index (χ3n) is 5.18. The van der Waals surface area contributed by atoms with Crippen molar-refractivity contribution in [2.45, 2.75) is 27.7 Å². The van der Waals surface area contributed by atoms with Crippen LogP contribution in [0, 0.1) is 13.8 Å². The molecule has 3 rings (SSSR count). The van der Waals surface area contributed by atoms with E-state index in [1.807, 2.05) is 55.0 Å². The van der Waals surface area contributed by atoms with Crippen molar-refractivity contribution >= 4 is 23.6 Å². The van der Waals surface area contributed by atoms with Crippen molar-refractivity contribution in [1.29, 1.82) is 0 Å². The predicted molar refractivity (Wildman–Crippen MR) is 119 cm³/mol. The molecule has 150 valence electrons. The van der Waals surface area contributed by atoms with E-state index in [2.05, 4.69) is 35.9 Å². The molecule has 5 heteroatoms. The number of hydrogen-bond donors (Lipinski definition) is 1. The van der Waals surface area contributed by atoms with Gasteiger partial charge in [-0.05, 0) is 70.2 Å². The van der Waals surface area contributed by atoms with E-state index in [4.69, 9.17) is 0 Å². The monoisotopic (exact) mass is 389 g/mol. The van der Waals surface area contributed by atoms with Crippen LogP contribution < -0.4 is 4.90 Å². The number of rotatable bonds is 7. The van der Waals surface area contributed by atoms with Crippen LogP contribution in [0.25, 0.3) is 5.69 Å². The van der Waals surface area contributed by atoms with Gasteiger partial charge in [0.05, 0.1) is 16.9 Å². The largest absolute Gasteiger partial charge is 0.478 e. The highest BCUT2D eigenvalue weighted by Gasteiger charge is 2.15. The SMILES string of the molecule is CCN(CC)c1ccc(N=Cc2cc(C)n(-c3ccccc3C(=O)O)c2C)cc1. The zero-order chi connectivity index (χ0) is 21.0. The van der Waals surface area contributed by atoms with Gasteiger partial charge in [-0.2, -0.15) is 0 Å². The van der Waals surface area contributed by atoms with E-state index in [0.717, 1.165) is 35.7 Å². The molecule has 0 atom stereocenters. The molecule has 0 saturated heterocycles. The quantitative estimate of drug-likeness (QED) is 0.551. The Bertz CT molecular complexity index is 1030. The van der Waals surface area contributed by atoms with Crippen molar-refractivity contribution in [3.8, 4) is 5.69 Å². The zero-order valence-corrected chi connectivity index (χ0v) is 17.4. The molecule has 0 bridgehead atoms. The van der Waals surface area contributed by atoms with Gasteiger partial charge in [0.25, 0.3) is 0 Å². The van der Waals surface area contributed by atoms with Gasteiger partial charge in [0, 0.05) is 41.9 Å². The fourth-order valence-electron chi connectivity index (χ4n) is 3.62. The summed E-state index contributed by atoms with van der Waals surface area (Å²) >= 11 is 0. The number of aryl methyl sites for hydroxylation is 1. The van der Waals surface area contributed by atoms with E-state index in [1.54, 1.807) is 12.1 Å². The Morgan fingerprint density at radius 1 is 1.07 bits per heavy atom. The fourth-order valence-corrected chi connectivity index (χ4v) is 3.62. The molecule has 0 aliphatic rings. The summed E-state index contributed by atoms with van der Waals surface area (Å²) in [6.45, 7) is 10.2. The molecule has 5 nitrogen and oxygen atoms in total. The van der Waals surface area contributed by atoms with Crippen LogP contribution in [0.4, 0.5) is 11.4 Å². The molecule has 1 N–H and O–H groups in total. The van der Waals surface area contributed by atoms with E-state index < -0.39 is 5.97 Å². The van der Waals surface area contributed by atoms with Crippen molar-refractivity contribution in [2.24, 2.45) is 4.99 Å². The maximum Gasteiger partial charge on any atom is 0.337 e. The Kier molecular flexibility index (Phi) is 6.17. The lowest BCUT2D eigenvalue weighted by atomic mass is 10.1. The lowest BCUT2D eigenvalue weighted by molar-refractivity contribution is 0.0697. The van der Waals surface area contributed by atoms with Gasteiger partial charge in [0.1, 0.15) is 0 Å². The van der Waals surface area contributed by atoms with E-state index >= 15 is 0 Å². The number of carboxylic acid groups (broad SMARTS) is 1. The van der Waals surface area contributed by atoms with Crippen molar-refractivity contribution in [3.63, 3.8) is 0 Å². The number of para-hydroxylation sites is 1. The number of carboxylic acids is 1. The first kappa shape index (κ1) is 20.4. The van der Waals surface area contributed by atoms with Crippen LogP contribution in [0.15, 0.2) is 59.6 Å². The summed E-state index contributed by atoms with van der Waals surface area (Å²) in [7, 11) is 0. The average molecular weight is 389 g/mol. The van der Waals surface area contributed by atoms with Gasteiger partial charge in [-0.15, -0.1) is 0 Å². The number of aromatic nitrogens is 1.